The molecule has 1 aliphatic carbocycles. The first-order valence-electron chi connectivity index (χ1n) is 7.49. The zero-order valence-corrected chi connectivity index (χ0v) is 15.0. The van der Waals surface area contributed by atoms with Crippen molar-refractivity contribution in [2.24, 2.45) is 5.92 Å². The van der Waals surface area contributed by atoms with Crippen molar-refractivity contribution in [2.45, 2.75) is 52.2 Å². The summed E-state index contributed by atoms with van der Waals surface area (Å²) in [5, 5.41) is 9.45. The molecule has 1 saturated heterocycles. The molecule has 2 rings (SSSR count). The predicted molar refractivity (Wildman–Crippen MR) is 86.9 cm³/mol. The van der Waals surface area contributed by atoms with E-state index >= 15 is 0 Å². The van der Waals surface area contributed by atoms with Crippen LogP contribution in [0, 0.1) is 5.92 Å². The molecule has 1 heterocycles. The molecule has 0 aromatic carbocycles. The Morgan fingerprint density at radius 2 is 1.77 bits per heavy atom. The maximum absolute atomic E-state index is 12.0. The summed E-state index contributed by atoms with van der Waals surface area (Å²) in [5.74, 6) is 0.0577. The van der Waals surface area contributed by atoms with Gasteiger partial charge in [-0.1, -0.05) is 6.92 Å². The largest absolute Gasteiger partial charge is 0.490 e. The molecule has 0 amide bonds. The summed E-state index contributed by atoms with van der Waals surface area (Å²) in [6.07, 6.45) is 3.28. The van der Waals surface area contributed by atoms with Crippen LogP contribution in [0.15, 0.2) is 22.0 Å². The van der Waals surface area contributed by atoms with Crippen molar-refractivity contribution in [2.75, 3.05) is 12.9 Å². The van der Waals surface area contributed by atoms with Gasteiger partial charge < -0.3 is 14.4 Å². The molecule has 1 N–H and O–H groups in total. The van der Waals surface area contributed by atoms with E-state index in [0.29, 0.717) is 12.0 Å². The van der Waals surface area contributed by atoms with Crippen molar-refractivity contribution < 1.29 is 22.8 Å². The fourth-order valence-electron chi connectivity index (χ4n) is 2.77. The van der Waals surface area contributed by atoms with Gasteiger partial charge in [0, 0.05) is 6.26 Å². The topological polar surface area (TPSA) is 72.8 Å². The Hall–Kier alpha value is -0.625. The van der Waals surface area contributed by atoms with Gasteiger partial charge in [0.15, 0.2) is 9.84 Å². The molecule has 0 aromatic rings. The molecule has 0 bridgehead atoms. The van der Waals surface area contributed by atoms with E-state index in [2.05, 4.69) is 0 Å². The number of rotatable bonds is 3. The Morgan fingerprint density at radius 3 is 2.18 bits per heavy atom. The van der Waals surface area contributed by atoms with E-state index in [4.69, 9.17) is 9.31 Å². The molecule has 0 spiro atoms. The summed E-state index contributed by atoms with van der Waals surface area (Å²) in [7, 11) is -3.96. The molecule has 2 aliphatic rings. The number of aliphatic hydroxyl groups excluding tert-OH is 1. The number of hydrogen-bond donors (Lipinski definition) is 1. The zero-order chi connectivity index (χ0) is 16.9. The maximum Gasteiger partial charge on any atom is 0.490 e. The number of sulfone groups is 1. The minimum Gasteiger partial charge on any atom is -0.400 e. The second-order valence-corrected chi connectivity index (χ2v) is 9.22. The first kappa shape index (κ1) is 17.7. The van der Waals surface area contributed by atoms with Crippen LogP contribution < -0.4 is 0 Å². The van der Waals surface area contributed by atoms with E-state index in [1.807, 2.05) is 34.6 Å². The molecule has 1 unspecified atom stereocenters. The summed E-state index contributed by atoms with van der Waals surface area (Å²) in [6.45, 7) is 9.60. The van der Waals surface area contributed by atoms with Gasteiger partial charge in [-0.2, -0.15) is 0 Å². The Morgan fingerprint density at radius 1 is 1.27 bits per heavy atom. The van der Waals surface area contributed by atoms with Crippen LogP contribution >= 0.6 is 0 Å². The maximum atomic E-state index is 12.0. The average Bonchev–Trinajstić information content (AvgIpc) is 2.56. The van der Waals surface area contributed by atoms with Gasteiger partial charge in [0.25, 0.3) is 0 Å². The molecule has 0 radical (unpaired) electrons. The molecular formula is C15H25BO5S. The van der Waals surface area contributed by atoms with Gasteiger partial charge in [0.2, 0.25) is 0 Å². The predicted octanol–water partition coefficient (Wildman–Crippen LogP) is 1.88. The van der Waals surface area contributed by atoms with E-state index < -0.39 is 28.2 Å². The zero-order valence-electron chi connectivity index (χ0n) is 14.1. The highest BCUT2D eigenvalue weighted by Gasteiger charge is 2.53. The third-order valence-corrected chi connectivity index (χ3v) is 6.09. The molecular weight excluding hydrogens is 303 g/mol. The lowest BCUT2D eigenvalue weighted by Crippen LogP contribution is -2.41. The molecule has 0 aromatic heterocycles. The normalized spacial score (nSPS) is 28.0. The minimum absolute atomic E-state index is 0.0577. The van der Waals surface area contributed by atoms with Crippen LogP contribution in [0.25, 0.3) is 0 Å². The average molecular weight is 328 g/mol. The van der Waals surface area contributed by atoms with Gasteiger partial charge in [-0.05, 0) is 57.2 Å². The molecule has 1 fully saturated rings. The molecule has 5 nitrogen and oxygen atoms in total. The monoisotopic (exact) mass is 328 g/mol. The minimum atomic E-state index is -3.40. The lowest BCUT2D eigenvalue weighted by atomic mass is 9.67. The van der Waals surface area contributed by atoms with Gasteiger partial charge in [0.1, 0.15) is 0 Å². The lowest BCUT2D eigenvalue weighted by Gasteiger charge is -2.32. The van der Waals surface area contributed by atoms with Crippen LogP contribution in [0.1, 0.15) is 41.0 Å². The highest BCUT2D eigenvalue weighted by Crippen LogP contribution is 2.42. The lowest BCUT2D eigenvalue weighted by molar-refractivity contribution is 0.00578. The smallest absolute Gasteiger partial charge is 0.400 e. The van der Waals surface area contributed by atoms with Crippen LogP contribution in [0.3, 0.4) is 0 Å². The fourth-order valence-corrected chi connectivity index (χ4v) is 3.80. The first-order valence-corrected chi connectivity index (χ1v) is 9.38. The van der Waals surface area contributed by atoms with E-state index in [1.54, 1.807) is 6.08 Å². The van der Waals surface area contributed by atoms with Crippen molar-refractivity contribution in [3.8, 4) is 0 Å². The quantitative estimate of drug-likeness (QED) is 0.801. The summed E-state index contributed by atoms with van der Waals surface area (Å²) in [6, 6.07) is 0. The van der Waals surface area contributed by atoms with Gasteiger partial charge >= 0.3 is 7.12 Å². The molecule has 7 heteroatoms. The highest BCUT2D eigenvalue weighted by atomic mass is 32.2. The third kappa shape index (κ3) is 3.04. The van der Waals surface area contributed by atoms with E-state index in [1.165, 1.54) is 0 Å². The molecule has 22 heavy (non-hydrogen) atoms. The summed E-state index contributed by atoms with van der Waals surface area (Å²) < 4.78 is 36.0. The Kier molecular flexibility index (Phi) is 4.41. The fraction of sp³-hybridized carbons (Fsp3) is 0.733. The van der Waals surface area contributed by atoms with Crippen LogP contribution in [0.2, 0.25) is 0 Å². The van der Waals surface area contributed by atoms with E-state index in [9.17, 15) is 13.5 Å². The van der Waals surface area contributed by atoms with Crippen molar-refractivity contribution in [3.05, 3.63) is 22.0 Å². The van der Waals surface area contributed by atoms with E-state index in [0.717, 1.165) is 11.7 Å². The Balaban J connectivity index is 2.44. The standard InChI is InChI=1S/C15H25BO5S/c1-10-7-11(9-17)13(22(6,18)19)8-12(10)16-20-14(2,3)15(4,5)21-16/h8,10,17H,7,9H2,1-6H3. The number of allylic oxidation sites excluding steroid dienone is 2. The summed E-state index contributed by atoms with van der Waals surface area (Å²) >= 11 is 0. The van der Waals surface area contributed by atoms with Crippen molar-refractivity contribution in [1.29, 1.82) is 0 Å². The number of hydrogen-bond acceptors (Lipinski definition) is 5. The van der Waals surface area contributed by atoms with Gasteiger partial charge in [-0.15, -0.1) is 0 Å². The van der Waals surface area contributed by atoms with Crippen LogP contribution in [-0.2, 0) is 19.1 Å². The van der Waals surface area contributed by atoms with Crippen molar-refractivity contribution >= 4 is 17.0 Å². The second-order valence-electron chi connectivity index (χ2n) is 7.24. The third-order valence-electron chi connectivity index (χ3n) is 4.88. The Labute approximate surface area is 133 Å². The van der Waals surface area contributed by atoms with Crippen LogP contribution in [-0.4, -0.2) is 44.7 Å². The second kappa shape index (κ2) is 5.48. The summed E-state index contributed by atoms with van der Waals surface area (Å²) in [4.78, 5) is 0.192. The molecule has 1 aliphatic heterocycles. The van der Waals surface area contributed by atoms with E-state index in [-0.39, 0.29) is 17.4 Å². The van der Waals surface area contributed by atoms with Crippen molar-refractivity contribution in [1.82, 2.24) is 0 Å². The molecule has 124 valence electrons. The Bertz CT molecular complexity index is 614. The number of aliphatic hydroxyl groups is 1. The van der Waals surface area contributed by atoms with Gasteiger partial charge in [-0.3, -0.25) is 0 Å². The van der Waals surface area contributed by atoms with Crippen LogP contribution in [0.4, 0.5) is 0 Å². The highest BCUT2D eigenvalue weighted by molar-refractivity contribution is 7.94. The van der Waals surface area contributed by atoms with Crippen molar-refractivity contribution in [3.63, 3.8) is 0 Å². The van der Waals surface area contributed by atoms with Crippen LogP contribution in [0.5, 0.6) is 0 Å². The first-order chi connectivity index (χ1) is 9.89. The SMILES string of the molecule is CC1CC(CO)=C(S(C)(=O)=O)C=C1B1OC(C)(C)C(C)(C)O1. The van der Waals surface area contributed by atoms with Gasteiger partial charge in [0.05, 0.1) is 22.7 Å². The molecule has 0 saturated carbocycles. The summed E-state index contributed by atoms with van der Waals surface area (Å²) in [5.41, 5.74) is 0.432. The molecule has 1 atom stereocenters. The van der Waals surface area contributed by atoms with Gasteiger partial charge in [-0.25, -0.2) is 8.42 Å².